The van der Waals surface area contributed by atoms with Gasteiger partial charge in [-0.2, -0.15) is 0 Å². The smallest absolute Gasteiger partial charge is 0.158 e. The van der Waals surface area contributed by atoms with Crippen molar-refractivity contribution in [1.82, 2.24) is 0 Å². The average molecular weight is 184 g/mol. The SMILES string of the molecule is COCC(=O)CC1CCC(=O)CC1. The number of rotatable bonds is 4. The fourth-order valence-electron chi connectivity index (χ4n) is 1.75. The summed E-state index contributed by atoms with van der Waals surface area (Å²) in [5.74, 6) is 0.914. The average Bonchev–Trinajstić information content (AvgIpc) is 2.09. The standard InChI is InChI=1S/C10H16O3/c1-13-7-10(12)6-8-2-4-9(11)5-3-8/h8H,2-7H2,1H3. The van der Waals surface area contributed by atoms with Crippen LogP contribution in [-0.4, -0.2) is 25.3 Å². The van der Waals surface area contributed by atoms with Crippen LogP contribution in [0.15, 0.2) is 0 Å². The fourth-order valence-corrected chi connectivity index (χ4v) is 1.75. The third-order valence-electron chi connectivity index (χ3n) is 2.48. The van der Waals surface area contributed by atoms with E-state index in [4.69, 9.17) is 4.74 Å². The molecule has 0 spiro atoms. The summed E-state index contributed by atoms with van der Waals surface area (Å²) >= 11 is 0. The topological polar surface area (TPSA) is 43.4 Å². The molecule has 0 saturated heterocycles. The van der Waals surface area contributed by atoms with Crippen LogP contribution in [0, 0.1) is 5.92 Å². The normalized spacial score (nSPS) is 19.0. The maximum atomic E-state index is 11.2. The minimum atomic E-state index is 0.154. The number of ether oxygens (including phenoxy) is 1. The summed E-state index contributed by atoms with van der Waals surface area (Å²) in [4.78, 5) is 22.1. The molecule has 3 nitrogen and oxygen atoms in total. The van der Waals surface area contributed by atoms with Crippen LogP contribution in [-0.2, 0) is 14.3 Å². The molecule has 0 aromatic heterocycles. The van der Waals surface area contributed by atoms with E-state index < -0.39 is 0 Å². The molecule has 0 heterocycles. The first-order chi connectivity index (χ1) is 6.22. The van der Waals surface area contributed by atoms with Gasteiger partial charge in [0, 0.05) is 26.4 Å². The Labute approximate surface area is 78.5 Å². The van der Waals surface area contributed by atoms with Gasteiger partial charge < -0.3 is 4.74 Å². The summed E-state index contributed by atoms with van der Waals surface area (Å²) < 4.78 is 4.75. The van der Waals surface area contributed by atoms with E-state index in [-0.39, 0.29) is 12.4 Å². The van der Waals surface area contributed by atoms with E-state index in [1.54, 1.807) is 0 Å². The van der Waals surface area contributed by atoms with Gasteiger partial charge in [0.1, 0.15) is 12.4 Å². The molecule has 0 N–H and O–H groups in total. The van der Waals surface area contributed by atoms with Crippen molar-refractivity contribution in [3.63, 3.8) is 0 Å². The van der Waals surface area contributed by atoms with E-state index in [0.717, 1.165) is 12.8 Å². The Bertz CT molecular complexity index is 188. The second-order valence-corrected chi connectivity index (χ2v) is 3.66. The number of carbonyl (C=O) groups excluding carboxylic acids is 2. The number of carbonyl (C=O) groups is 2. The summed E-state index contributed by atoms with van der Waals surface area (Å²) in [6, 6.07) is 0. The first-order valence-electron chi connectivity index (χ1n) is 4.74. The molecule has 0 aliphatic heterocycles. The molecule has 1 aliphatic carbocycles. The largest absolute Gasteiger partial charge is 0.377 e. The highest BCUT2D eigenvalue weighted by Gasteiger charge is 2.20. The molecule has 1 rings (SSSR count). The number of hydrogen-bond donors (Lipinski definition) is 0. The van der Waals surface area contributed by atoms with Gasteiger partial charge in [0.25, 0.3) is 0 Å². The van der Waals surface area contributed by atoms with Crippen molar-refractivity contribution in [2.75, 3.05) is 13.7 Å². The van der Waals surface area contributed by atoms with Crippen LogP contribution in [0.4, 0.5) is 0 Å². The van der Waals surface area contributed by atoms with Gasteiger partial charge in [0.05, 0.1) is 0 Å². The summed E-state index contributed by atoms with van der Waals surface area (Å²) in [5.41, 5.74) is 0. The summed E-state index contributed by atoms with van der Waals surface area (Å²) in [6.45, 7) is 0.213. The molecular weight excluding hydrogens is 168 g/mol. The number of ketones is 2. The lowest BCUT2D eigenvalue weighted by Crippen LogP contribution is -2.18. The zero-order valence-corrected chi connectivity index (χ0v) is 8.04. The third-order valence-corrected chi connectivity index (χ3v) is 2.48. The van der Waals surface area contributed by atoms with E-state index in [9.17, 15) is 9.59 Å². The van der Waals surface area contributed by atoms with Crippen LogP contribution in [0.1, 0.15) is 32.1 Å². The van der Waals surface area contributed by atoms with Crippen molar-refractivity contribution in [1.29, 1.82) is 0 Å². The number of hydrogen-bond acceptors (Lipinski definition) is 3. The maximum absolute atomic E-state index is 11.2. The molecule has 0 aromatic rings. The van der Waals surface area contributed by atoms with Crippen LogP contribution in [0.5, 0.6) is 0 Å². The van der Waals surface area contributed by atoms with Crippen LogP contribution in [0.2, 0.25) is 0 Å². The summed E-state index contributed by atoms with van der Waals surface area (Å²) in [5, 5.41) is 0. The highest BCUT2D eigenvalue weighted by molar-refractivity contribution is 5.81. The van der Waals surface area contributed by atoms with Crippen LogP contribution < -0.4 is 0 Å². The van der Waals surface area contributed by atoms with Crippen LogP contribution in [0.3, 0.4) is 0 Å². The van der Waals surface area contributed by atoms with Crippen molar-refractivity contribution in [2.24, 2.45) is 5.92 Å². The Hall–Kier alpha value is -0.700. The Morgan fingerprint density at radius 1 is 1.46 bits per heavy atom. The van der Waals surface area contributed by atoms with E-state index in [2.05, 4.69) is 0 Å². The molecule has 1 saturated carbocycles. The quantitative estimate of drug-likeness (QED) is 0.662. The molecule has 0 amide bonds. The lowest BCUT2D eigenvalue weighted by atomic mass is 9.85. The van der Waals surface area contributed by atoms with E-state index >= 15 is 0 Å². The highest BCUT2D eigenvalue weighted by atomic mass is 16.5. The molecular formula is C10H16O3. The Kier molecular flexibility index (Phi) is 4.09. The molecule has 1 aliphatic rings. The predicted octanol–water partition coefficient (Wildman–Crippen LogP) is 1.35. The Morgan fingerprint density at radius 3 is 2.62 bits per heavy atom. The van der Waals surface area contributed by atoms with Gasteiger partial charge in [-0.05, 0) is 18.8 Å². The van der Waals surface area contributed by atoms with E-state index in [1.807, 2.05) is 0 Å². The molecule has 1 fully saturated rings. The van der Waals surface area contributed by atoms with Gasteiger partial charge in [0.2, 0.25) is 0 Å². The van der Waals surface area contributed by atoms with Crippen molar-refractivity contribution in [3.8, 4) is 0 Å². The van der Waals surface area contributed by atoms with Crippen LogP contribution >= 0.6 is 0 Å². The van der Waals surface area contributed by atoms with Crippen molar-refractivity contribution in [3.05, 3.63) is 0 Å². The van der Waals surface area contributed by atoms with Gasteiger partial charge in [0.15, 0.2) is 5.78 Å². The minimum absolute atomic E-state index is 0.154. The monoisotopic (exact) mass is 184 g/mol. The van der Waals surface area contributed by atoms with Crippen molar-refractivity contribution >= 4 is 11.6 Å². The number of methoxy groups -OCH3 is 1. The Balaban J connectivity index is 2.22. The number of Topliss-reactive ketones (excluding diaryl/α,β-unsaturated/α-hetero) is 2. The lowest BCUT2D eigenvalue weighted by Gasteiger charge is -2.19. The second kappa shape index (κ2) is 5.12. The summed E-state index contributed by atoms with van der Waals surface area (Å²) in [7, 11) is 1.53. The van der Waals surface area contributed by atoms with Gasteiger partial charge in [-0.3, -0.25) is 9.59 Å². The fraction of sp³-hybridized carbons (Fsp3) is 0.800. The van der Waals surface area contributed by atoms with Gasteiger partial charge >= 0.3 is 0 Å². The van der Waals surface area contributed by atoms with Gasteiger partial charge in [-0.25, -0.2) is 0 Å². The molecule has 0 atom stereocenters. The zero-order chi connectivity index (χ0) is 9.68. The van der Waals surface area contributed by atoms with Gasteiger partial charge in [-0.15, -0.1) is 0 Å². The molecule has 3 heteroatoms. The molecule has 0 unspecified atom stereocenters. The lowest BCUT2D eigenvalue weighted by molar-refractivity contribution is -0.126. The molecule has 13 heavy (non-hydrogen) atoms. The van der Waals surface area contributed by atoms with Crippen molar-refractivity contribution < 1.29 is 14.3 Å². The molecule has 74 valence electrons. The predicted molar refractivity (Wildman–Crippen MR) is 48.5 cm³/mol. The summed E-state index contributed by atoms with van der Waals surface area (Å²) in [6.07, 6.45) is 3.67. The van der Waals surface area contributed by atoms with E-state index in [0.29, 0.717) is 31.0 Å². The third kappa shape index (κ3) is 3.68. The first-order valence-corrected chi connectivity index (χ1v) is 4.74. The maximum Gasteiger partial charge on any atom is 0.158 e. The van der Waals surface area contributed by atoms with Gasteiger partial charge in [-0.1, -0.05) is 0 Å². The zero-order valence-electron chi connectivity index (χ0n) is 8.04. The second-order valence-electron chi connectivity index (χ2n) is 3.66. The van der Waals surface area contributed by atoms with Crippen molar-refractivity contribution in [2.45, 2.75) is 32.1 Å². The molecule has 0 radical (unpaired) electrons. The molecule has 0 bridgehead atoms. The molecule has 0 aromatic carbocycles. The highest BCUT2D eigenvalue weighted by Crippen LogP contribution is 2.24. The first kappa shape index (κ1) is 10.4. The van der Waals surface area contributed by atoms with Crippen LogP contribution in [0.25, 0.3) is 0 Å². The van der Waals surface area contributed by atoms with E-state index in [1.165, 1.54) is 7.11 Å². The Morgan fingerprint density at radius 2 is 2.08 bits per heavy atom. The minimum Gasteiger partial charge on any atom is -0.377 e.